The van der Waals surface area contributed by atoms with Crippen molar-refractivity contribution >= 4 is 5.52 Å². The van der Waals surface area contributed by atoms with E-state index < -0.39 is 0 Å². The van der Waals surface area contributed by atoms with Crippen LogP contribution in [0.3, 0.4) is 0 Å². The lowest BCUT2D eigenvalue weighted by Crippen LogP contribution is -2.02. The first-order valence-electron chi connectivity index (χ1n) is 5.08. The van der Waals surface area contributed by atoms with Crippen molar-refractivity contribution in [2.45, 2.75) is 19.8 Å². The minimum atomic E-state index is 0.763. The van der Waals surface area contributed by atoms with Crippen molar-refractivity contribution < 1.29 is 0 Å². The largest absolute Gasteiger partial charge is 0.330 e. The highest BCUT2D eigenvalue weighted by molar-refractivity contribution is 5.53. The fraction of sp³-hybridized carbons (Fsp3) is 0.333. The van der Waals surface area contributed by atoms with Gasteiger partial charge in [0.05, 0.1) is 0 Å². The Morgan fingerprint density at radius 1 is 1.36 bits per heavy atom. The lowest BCUT2D eigenvalue weighted by molar-refractivity contribution is 0.797. The van der Waals surface area contributed by atoms with Gasteiger partial charge in [0.1, 0.15) is 0 Å². The van der Waals surface area contributed by atoms with Crippen LogP contribution in [0.2, 0.25) is 0 Å². The number of fused-ring (bicyclic) bond motifs is 1. The maximum Gasteiger partial charge on any atom is 0.0455 e. The molecule has 0 bridgehead atoms. The molecule has 0 aliphatic carbocycles. The van der Waals surface area contributed by atoms with Gasteiger partial charge >= 0.3 is 0 Å². The average molecular weight is 188 g/mol. The second-order valence-electron chi connectivity index (χ2n) is 3.66. The molecule has 0 atom stereocenters. The Hall–Kier alpha value is -1.28. The van der Waals surface area contributed by atoms with Crippen LogP contribution in [0, 0.1) is 6.92 Å². The molecule has 0 aliphatic heterocycles. The average Bonchev–Trinajstić information content (AvgIpc) is 2.51. The van der Waals surface area contributed by atoms with Gasteiger partial charge in [0.25, 0.3) is 0 Å². The van der Waals surface area contributed by atoms with Crippen LogP contribution in [-0.2, 0) is 6.42 Å². The van der Waals surface area contributed by atoms with Crippen LogP contribution in [-0.4, -0.2) is 10.9 Å². The molecule has 0 aromatic carbocycles. The predicted octanol–water partition coefficient (Wildman–Crippen LogP) is 2.14. The number of aryl methyl sites for hydroxylation is 2. The number of hydrogen-bond donors (Lipinski definition) is 1. The zero-order valence-corrected chi connectivity index (χ0v) is 8.53. The molecule has 0 unspecified atom stereocenters. The van der Waals surface area contributed by atoms with Crippen LogP contribution in [0.5, 0.6) is 0 Å². The predicted molar refractivity (Wildman–Crippen MR) is 59.5 cm³/mol. The van der Waals surface area contributed by atoms with Crippen molar-refractivity contribution in [3.05, 3.63) is 41.7 Å². The summed E-state index contributed by atoms with van der Waals surface area (Å²) in [7, 11) is 0. The first-order valence-corrected chi connectivity index (χ1v) is 5.08. The number of hydrogen-bond acceptors (Lipinski definition) is 1. The summed E-state index contributed by atoms with van der Waals surface area (Å²) < 4.78 is 2.25. The Balaban J connectivity index is 2.45. The number of aromatic nitrogens is 1. The van der Waals surface area contributed by atoms with E-state index in [0.29, 0.717) is 0 Å². The molecule has 0 saturated heterocycles. The summed E-state index contributed by atoms with van der Waals surface area (Å²) in [6.07, 6.45) is 4.25. The highest BCUT2D eigenvalue weighted by Gasteiger charge is 2.04. The quantitative estimate of drug-likeness (QED) is 0.786. The fourth-order valence-electron chi connectivity index (χ4n) is 1.90. The monoisotopic (exact) mass is 188 g/mol. The summed E-state index contributed by atoms with van der Waals surface area (Å²) >= 11 is 0. The third-order valence-electron chi connectivity index (χ3n) is 2.62. The molecule has 2 nitrogen and oxygen atoms in total. The molecule has 0 radical (unpaired) electrons. The Kier molecular flexibility index (Phi) is 2.55. The Labute approximate surface area is 84.3 Å². The van der Waals surface area contributed by atoms with E-state index in [1.165, 1.54) is 16.8 Å². The Morgan fingerprint density at radius 3 is 3.00 bits per heavy atom. The molecule has 2 heterocycles. The molecule has 14 heavy (non-hydrogen) atoms. The van der Waals surface area contributed by atoms with Gasteiger partial charge < -0.3 is 10.1 Å². The maximum atomic E-state index is 5.53. The van der Waals surface area contributed by atoms with Crippen molar-refractivity contribution in [2.75, 3.05) is 6.54 Å². The summed E-state index contributed by atoms with van der Waals surface area (Å²) in [5, 5.41) is 0. The van der Waals surface area contributed by atoms with Crippen molar-refractivity contribution in [3.63, 3.8) is 0 Å². The van der Waals surface area contributed by atoms with Gasteiger partial charge in [0, 0.05) is 17.4 Å². The molecule has 0 saturated carbocycles. The molecule has 2 N–H and O–H groups in total. The molecule has 2 aromatic heterocycles. The van der Waals surface area contributed by atoms with E-state index in [2.05, 4.69) is 41.8 Å². The molecule has 74 valence electrons. The normalized spacial score (nSPS) is 11.0. The summed E-state index contributed by atoms with van der Waals surface area (Å²) in [6, 6.07) is 8.50. The molecule has 0 aliphatic rings. The first-order chi connectivity index (χ1) is 6.83. The molecule has 2 heteroatoms. The number of nitrogens with two attached hydrogens (primary N) is 1. The van der Waals surface area contributed by atoms with Gasteiger partial charge in [-0.15, -0.1) is 0 Å². The Morgan fingerprint density at radius 2 is 2.21 bits per heavy atom. The highest BCUT2D eigenvalue weighted by Crippen LogP contribution is 2.16. The highest BCUT2D eigenvalue weighted by atomic mass is 14.9. The van der Waals surface area contributed by atoms with Gasteiger partial charge in [-0.05, 0) is 50.1 Å². The fourth-order valence-corrected chi connectivity index (χ4v) is 1.90. The molecule has 0 amide bonds. The van der Waals surface area contributed by atoms with Crippen LogP contribution in [0.15, 0.2) is 30.5 Å². The smallest absolute Gasteiger partial charge is 0.0455 e. The van der Waals surface area contributed by atoms with Crippen LogP contribution in [0.4, 0.5) is 0 Å². The van der Waals surface area contributed by atoms with Gasteiger partial charge in [-0.3, -0.25) is 0 Å². The second-order valence-corrected chi connectivity index (χ2v) is 3.66. The van der Waals surface area contributed by atoms with Crippen molar-refractivity contribution in [2.24, 2.45) is 5.73 Å². The van der Waals surface area contributed by atoms with Crippen LogP contribution in [0.25, 0.3) is 5.52 Å². The van der Waals surface area contributed by atoms with Gasteiger partial charge in [-0.2, -0.15) is 0 Å². The summed E-state index contributed by atoms with van der Waals surface area (Å²) in [6.45, 7) is 2.93. The topological polar surface area (TPSA) is 30.4 Å². The lowest BCUT2D eigenvalue weighted by atomic mass is 10.2. The number of pyridine rings is 1. The lowest BCUT2D eigenvalue weighted by Gasteiger charge is -2.02. The zero-order valence-electron chi connectivity index (χ0n) is 8.53. The van der Waals surface area contributed by atoms with Crippen LogP contribution < -0.4 is 5.73 Å². The van der Waals surface area contributed by atoms with E-state index in [0.717, 1.165) is 19.4 Å². The third kappa shape index (κ3) is 1.53. The van der Waals surface area contributed by atoms with Crippen molar-refractivity contribution in [3.8, 4) is 0 Å². The van der Waals surface area contributed by atoms with Crippen molar-refractivity contribution in [1.82, 2.24) is 4.40 Å². The number of nitrogens with zero attached hydrogens (tertiary/aromatic N) is 1. The zero-order chi connectivity index (χ0) is 9.97. The van der Waals surface area contributed by atoms with E-state index in [9.17, 15) is 0 Å². The van der Waals surface area contributed by atoms with Crippen molar-refractivity contribution in [1.29, 1.82) is 0 Å². The minimum absolute atomic E-state index is 0.763. The van der Waals surface area contributed by atoms with Crippen LogP contribution in [0.1, 0.15) is 17.7 Å². The second kappa shape index (κ2) is 3.84. The Bertz CT molecular complexity index is 429. The molecule has 0 fully saturated rings. The summed E-state index contributed by atoms with van der Waals surface area (Å²) in [4.78, 5) is 0. The number of rotatable bonds is 3. The van der Waals surface area contributed by atoms with Gasteiger partial charge in [-0.25, -0.2) is 0 Å². The maximum absolute atomic E-state index is 5.53. The van der Waals surface area contributed by atoms with Crippen LogP contribution >= 0.6 is 0 Å². The van der Waals surface area contributed by atoms with E-state index in [1.54, 1.807) is 0 Å². The summed E-state index contributed by atoms with van der Waals surface area (Å²) in [5.74, 6) is 0. The van der Waals surface area contributed by atoms with E-state index >= 15 is 0 Å². The molecule has 0 spiro atoms. The molecule has 2 aromatic rings. The first kappa shape index (κ1) is 9.28. The van der Waals surface area contributed by atoms with Gasteiger partial charge in [-0.1, -0.05) is 6.07 Å². The molecular formula is C12H16N2. The molecular weight excluding hydrogens is 172 g/mol. The standard InChI is InChI=1S/C12H16N2/c1-10-9-11-5-2-3-8-14(11)12(10)6-4-7-13/h2-3,5,8-9H,4,6-7,13H2,1H3. The van der Waals surface area contributed by atoms with E-state index in [4.69, 9.17) is 5.73 Å². The van der Waals surface area contributed by atoms with Gasteiger partial charge in [0.15, 0.2) is 0 Å². The SMILES string of the molecule is Cc1cc2ccccn2c1CCCN. The minimum Gasteiger partial charge on any atom is -0.330 e. The third-order valence-corrected chi connectivity index (χ3v) is 2.62. The van der Waals surface area contributed by atoms with E-state index in [1.807, 2.05) is 0 Å². The summed E-state index contributed by atoms with van der Waals surface area (Å²) in [5.41, 5.74) is 9.56. The van der Waals surface area contributed by atoms with E-state index in [-0.39, 0.29) is 0 Å². The molecule has 2 rings (SSSR count). The van der Waals surface area contributed by atoms with Gasteiger partial charge in [0.2, 0.25) is 0 Å².